The van der Waals surface area contributed by atoms with Crippen LogP contribution >= 0.6 is 11.3 Å². The minimum atomic E-state index is -1.32. The van der Waals surface area contributed by atoms with Gasteiger partial charge in [-0.05, 0) is 12.1 Å². The summed E-state index contributed by atoms with van der Waals surface area (Å²) in [7, 11) is 0. The summed E-state index contributed by atoms with van der Waals surface area (Å²) in [5.41, 5.74) is 5.49. The number of ketones is 1. The van der Waals surface area contributed by atoms with Crippen LogP contribution in [0.2, 0.25) is 0 Å². The molecule has 24 heavy (non-hydrogen) atoms. The number of carbonyl (C=O) groups is 2. The number of thiazole rings is 1. The number of aromatic carboxylic acids is 1. The number of nitrogens with two attached hydrogens (primary N) is 1. The summed E-state index contributed by atoms with van der Waals surface area (Å²) in [4.78, 5) is 27.0. The summed E-state index contributed by atoms with van der Waals surface area (Å²) in [6.07, 6.45) is 0. The van der Waals surface area contributed by atoms with Crippen LogP contribution in [-0.4, -0.2) is 27.0 Å². The highest BCUT2D eigenvalue weighted by molar-refractivity contribution is 7.18. The molecule has 0 spiro atoms. The molecule has 0 bridgehead atoms. The lowest BCUT2D eigenvalue weighted by atomic mass is 10.2. The number of carboxylic acid groups (broad SMARTS) is 1. The van der Waals surface area contributed by atoms with Gasteiger partial charge in [0.1, 0.15) is 16.5 Å². The molecule has 2 aromatic heterocycles. The Kier molecular flexibility index (Phi) is 3.96. The standard InChI is InChI=1S/C14H9FN4O4S/c15-6-3-1-2-4-7(6)17-14-18-12(16)11(24-14)10(20)9-5-8(13(21)22)19-23-9/h1-5H,16H2,(H,17,18)(H,21,22). The molecule has 0 aliphatic rings. The molecule has 0 saturated heterocycles. The monoisotopic (exact) mass is 348 g/mol. The normalized spacial score (nSPS) is 10.5. The number of nitrogen functional groups attached to an aromatic ring is 1. The number of carboxylic acids is 1. The maximum Gasteiger partial charge on any atom is 0.358 e. The average molecular weight is 348 g/mol. The number of nitrogens with one attached hydrogen (secondary N) is 1. The molecule has 0 fully saturated rings. The maximum atomic E-state index is 13.6. The predicted octanol–water partition coefficient (Wildman–Crippen LogP) is 2.53. The summed E-state index contributed by atoms with van der Waals surface area (Å²) in [5, 5.41) is 15.0. The van der Waals surface area contributed by atoms with Crippen molar-refractivity contribution in [3.05, 3.63) is 52.5 Å². The highest BCUT2D eigenvalue weighted by atomic mass is 32.1. The molecular formula is C14H9FN4O4S. The lowest BCUT2D eigenvalue weighted by Crippen LogP contribution is -2.01. The van der Waals surface area contributed by atoms with Crippen LogP contribution in [0.25, 0.3) is 0 Å². The summed E-state index contributed by atoms with van der Waals surface area (Å²) in [6.45, 7) is 0. The molecule has 3 aromatic rings. The molecule has 10 heteroatoms. The lowest BCUT2D eigenvalue weighted by Gasteiger charge is -2.02. The fourth-order valence-corrected chi connectivity index (χ4v) is 2.66. The second-order valence-electron chi connectivity index (χ2n) is 4.55. The van der Waals surface area contributed by atoms with E-state index in [1.165, 1.54) is 18.2 Å². The highest BCUT2D eigenvalue weighted by Crippen LogP contribution is 2.30. The van der Waals surface area contributed by atoms with Crippen molar-refractivity contribution in [1.82, 2.24) is 10.1 Å². The van der Waals surface area contributed by atoms with Crippen molar-refractivity contribution in [2.75, 3.05) is 11.1 Å². The molecule has 8 nitrogen and oxygen atoms in total. The zero-order valence-electron chi connectivity index (χ0n) is 11.8. The Balaban J connectivity index is 1.87. The maximum absolute atomic E-state index is 13.6. The van der Waals surface area contributed by atoms with Crippen LogP contribution < -0.4 is 11.1 Å². The van der Waals surface area contributed by atoms with E-state index in [9.17, 15) is 14.0 Å². The first kappa shape index (κ1) is 15.6. The SMILES string of the molecule is Nc1nc(Nc2ccccc2F)sc1C(=O)c1cc(C(=O)O)no1. The van der Waals surface area contributed by atoms with E-state index in [1.54, 1.807) is 6.07 Å². The van der Waals surface area contributed by atoms with Gasteiger partial charge in [-0.3, -0.25) is 4.79 Å². The van der Waals surface area contributed by atoms with Gasteiger partial charge in [-0.1, -0.05) is 28.6 Å². The van der Waals surface area contributed by atoms with Gasteiger partial charge in [0.05, 0.1) is 5.69 Å². The zero-order valence-corrected chi connectivity index (χ0v) is 12.6. The predicted molar refractivity (Wildman–Crippen MR) is 83.1 cm³/mol. The third-order valence-electron chi connectivity index (χ3n) is 2.93. The van der Waals surface area contributed by atoms with Gasteiger partial charge in [-0.15, -0.1) is 0 Å². The number of anilines is 3. The molecule has 122 valence electrons. The van der Waals surface area contributed by atoms with Crippen LogP contribution in [0.15, 0.2) is 34.9 Å². The van der Waals surface area contributed by atoms with E-state index in [4.69, 9.17) is 15.4 Å². The van der Waals surface area contributed by atoms with Gasteiger partial charge >= 0.3 is 5.97 Å². The van der Waals surface area contributed by atoms with E-state index in [-0.39, 0.29) is 27.3 Å². The van der Waals surface area contributed by atoms with Crippen molar-refractivity contribution in [1.29, 1.82) is 0 Å². The van der Waals surface area contributed by atoms with Gasteiger partial charge in [-0.2, -0.15) is 0 Å². The van der Waals surface area contributed by atoms with Crippen LogP contribution in [0, 0.1) is 5.82 Å². The van der Waals surface area contributed by atoms with E-state index in [2.05, 4.69) is 15.5 Å². The van der Waals surface area contributed by atoms with Crippen LogP contribution in [0.4, 0.5) is 21.0 Å². The van der Waals surface area contributed by atoms with Crippen molar-refractivity contribution in [3.63, 3.8) is 0 Å². The van der Waals surface area contributed by atoms with Gasteiger partial charge in [0.15, 0.2) is 10.8 Å². The largest absolute Gasteiger partial charge is 0.476 e. The molecule has 3 rings (SSSR count). The molecule has 0 aliphatic carbocycles. The molecule has 0 unspecified atom stereocenters. The Morgan fingerprint density at radius 1 is 1.33 bits per heavy atom. The van der Waals surface area contributed by atoms with Crippen molar-refractivity contribution in [2.24, 2.45) is 0 Å². The number of hydrogen-bond donors (Lipinski definition) is 3. The Morgan fingerprint density at radius 3 is 2.75 bits per heavy atom. The minimum Gasteiger partial charge on any atom is -0.476 e. The molecule has 0 atom stereocenters. The summed E-state index contributed by atoms with van der Waals surface area (Å²) in [5.74, 6) is -2.83. The van der Waals surface area contributed by atoms with E-state index in [1.807, 2.05) is 0 Å². The lowest BCUT2D eigenvalue weighted by molar-refractivity contribution is 0.0685. The van der Waals surface area contributed by atoms with Gasteiger partial charge < -0.3 is 20.7 Å². The molecule has 0 radical (unpaired) electrons. The molecule has 4 N–H and O–H groups in total. The number of carbonyl (C=O) groups excluding carboxylic acids is 1. The smallest absolute Gasteiger partial charge is 0.358 e. The molecule has 0 amide bonds. The highest BCUT2D eigenvalue weighted by Gasteiger charge is 2.23. The number of nitrogens with zero attached hydrogens (tertiary/aromatic N) is 2. The zero-order chi connectivity index (χ0) is 17.3. The number of aromatic nitrogens is 2. The van der Waals surface area contributed by atoms with Crippen LogP contribution in [0.3, 0.4) is 0 Å². The molecular weight excluding hydrogens is 339 g/mol. The molecule has 0 aliphatic heterocycles. The Hall–Kier alpha value is -3.27. The number of halogens is 1. The number of para-hydroxylation sites is 1. The van der Waals surface area contributed by atoms with Crippen molar-refractivity contribution in [2.45, 2.75) is 0 Å². The fourth-order valence-electron chi connectivity index (χ4n) is 1.82. The van der Waals surface area contributed by atoms with Gasteiger partial charge in [0.25, 0.3) is 0 Å². The van der Waals surface area contributed by atoms with Crippen LogP contribution in [-0.2, 0) is 0 Å². The summed E-state index contributed by atoms with van der Waals surface area (Å²) < 4.78 is 18.3. The summed E-state index contributed by atoms with van der Waals surface area (Å²) in [6, 6.07) is 6.94. The number of hydrogen-bond acceptors (Lipinski definition) is 8. The van der Waals surface area contributed by atoms with E-state index < -0.39 is 23.3 Å². The second kappa shape index (κ2) is 6.08. The average Bonchev–Trinajstić information content (AvgIpc) is 3.16. The number of benzene rings is 1. The van der Waals surface area contributed by atoms with E-state index in [0.717, 1.165) is 17.4 Å². The van der Waals surface area contributed by atoms with E-state index >= 15 is 0 Å². The Morgan fingerprint density at radius 2 is 2.08 bits per heavy atom. The fraction of sp³-hybridized carbons (Fsp3) is 0. The Bertz CT molecular complexity index is 937. The van der Waals surface area contributed by atoms with E-state index in [0.29, 0.717) is 0 Å². The van der Waals surface area contributed by atoms with Gasteiger partial charge in [0, 0.05) is 6.07 Å². The molecule has 0 saturated carbocycles. The molecule has 2 heterocycles. The minimum absolute atomic E-state index is 0.0296. The second-order valence-corrected chi connectivity index (χ2v) is 5.55. The Labute approximate surface area is 137 Å². The molecule has 1 aromatic carbocycles. The first-order chi connectivity index (χ1) is 11.5. The first-order valence-electron chi connectivity index (χ1n) is 6.48. The summed E-state index contributed by atoms with van der Waals surface area (Å²) >= 11 is 0.885. The van der Waals surface area contributed by atoms with Crippen LogP contribution in [0.5, 0.6) is 0 Å². The quantitative estimate of drug-likeness (QED) is 0.599. The van der Waals surface area contributed by atoms with Crippen molar-refractivity contribution >= 4 is 39.7 Å². The van der Waals surface area contributed by atoms with Crippen LogP contribution in [0.1, 0.15) is 25.9 Å². The topological polar surface area (TPSA) is 131 Å². The van der Waals surface area contributed by atoms with Gasteiger partial charge in [-0.25, -0.2) is 14.2 Å². The third-order valence-corrected chi connectivity index (χ3v) is 3.91. The van der Waals surface area contributed by atoms with Crippen molar-refractivity contribution in [3.8, 4) is 0 Å². The number of rotatable bonds is 5. The van der Waals surface area contributed by atoms with Crippen molar-refractivity contribution < 1.29 is 23.6 Å². The first-order valence-corrected chi connectivity index (χ1v) is 7.30. The third kappa shape index (κ3) is 2.94. The van der Waals surface area contributed by atoms with Gasteiger partial charge in [0.2, 0.25) is 11.5 Å².